The van der Waals surface area contributed by atoms with Crippen LogP contribution < -0.4 is 15.0 Å². The summed E-state index contributed by atoms with van der Waals surface area (Å²) in [7, 11) is 1.59. The van der Waals surface area contributed by atoms with Gasteiger partial charge in [-0.3, -0.25) is 4.79 Å². The fourth-order valence-electron chi connectivity index (χ4n) is 3.70. The SMILES string of the molecule is COc1ccc(C(=O)Nc2sc3c(c2C#N)CC[NH+](Cc2ccccc2)C3)cc1. The number of rotatable bonds is 5. The highest BCUT2D eigenvalue weighted by atomic mass is 32.1. The lowest BCUT2D eigenvalue weighted by molar-refractivity contribution is -0.929. The Morgan fingerprint density at radius 2 is 1.97 bits per heavy atom. The van der Waals surface area contributed by atoms with Gasteiger partial charge in [-0.25, -0.2) is 0 Å². The highest BCUT2D eigenvalue weighted by Gasteiger charge is 2.27. The monoisotopic (exact) mass is 404 g/mol. The van der Waals surface area contributed by atoms with Gasteiger partial charge in [-0.1, -0.05) is 30.3 Å². The van der Waals surface area contributed by atoms with Gasteiger partial charge in [0.05, 0.1) is 24.1 Å². The summed E-state index contributed by atoms with van der Waals surface area (Å²) in [6.45, 7) is 2.83. The van der Waals surface area contributed by atoms with Crippen LogP contribution in [0.1, 0.15) is 31.9 Å². The number of amides is 1. The largest absolute Gasteiger partial charge is 0.497 e. The van der Waals surface area contributed by atoms with E-state index in [0.29, 0.717) is 21.9 Å². The molecule has 2 heterocycles. The van der Waals surface area contributed by atoms with Gasteiger partial charge >= 0.3 is 0 Å². The Hall–Kier alpha value is -3.14. The van der Waals surface area contributed by atoms with Crippen LogP contribution in [0.15, 0.2) is 54.6 Å². The molecule has 0 saturated heterocycles. The number of nitrogens with one attached hydrogen (secondary N) is 2. The smallest absolute Gasteiger partial charge is 0.256 e. The van der Waals surface area contributed by atoms with Crippen molar-refractivity contribution in [3.05, 3.63) is 81.7 Å². The maximum absolute atomic E-state index is 12.6. The summed E-state index contributed by atoms with van der Waals surface area (Å²) < 4.78 is 5.14. The molecular weight excluding hydrogens is 382 g/mol. The molecule has 0 fully saturated rings. The number of quaternary nitrogens is 1. The third-order valence-electron chi connectivity index (χ3n) is 5.22. The summed E-state index contributed by atoms with van der Waals surface area (Å²) in [5.74, 6) is 0.489. The van der Waals surface area contributed by atoms with Crippen molar-refractivity contribution in [3.8, 4) is 11.8 Å². The molecule has 29 heavy (non-hydrogen) atoms. The lowest BCUT2D eigenvalue weighted by atomic mass is 10.0. The minimum Gasteiger partial charge on any atom is -0.497 e. The van der Waals surface area contributed by atoms with Gasteiger partial charge in [0.25, 0.3) is 5.91 Å². The first-order valence-electron chi connectivity index (χ1n) is 9.55. The van der Waals surface area contributed by atoms with Gasteiger partial charge in [-0.05, 0) is 29.8 Å². The average Bonchev–Trinajstić information content (AvgIpc) is 3.10. The first-order valence-corrected chi connectivity index (χ1v) is 10.4. The number of thiophene rings is 1. The average molecular weight is 405 g/mol. The quantitative estimate of drug-likeness (QED) is 0.687. The standard InChI is InChI=1S/C23H21N3O2S/c1-28-18-9-7-17(8-10-18)22(27)25-23-20(13-24)19-11-12-26(15-21(19)29-23)14-16-5-3-2-4-6-16/h2-10H,11-12,14-15H2,1H3,(H,25,27)/p+1. The molecule has 1 atom stereocenters. The normalized spacial score (nSPS) is 15.2. The number of carbonyl (C=O) groups excluding carboxylic acids is 1. The van der Waals surface area contributed by atoms with Gasteiger partial charge in [0.2, 0.25) is 0 Å². The molecule has 146 valence electrons. The summed E-state index contributed by atoms with van der Waals surface area (Å²) >= 11 is 1.53. The number of ether oxygens (including phenoxy) is 1. The highest BCUT2D eigenvalue weighted by Crippen LogP contribution is 2.34. The van der Waals surface area contributed by atoms with Gasteiger partial charge < -0.3 is 15.0 Å². The first-order chi connectivity index (χ1) is 14.2. The van der Waals surface area contributed by atoms with Gasteiger partial charge in [0.15, 0.2) is 0 Å². The molecule has 2 N–H and O–H groups in total. The minimum atomic E-state index is -0.212. The van der Waals surface area contributed by atoms with Gasteiger partial charge in [-0.2, -0.15) is 5.26 Å². The van der Waals surface area contributed by atoms with E-state index < -0.39 is 0 Å². The van der Waals surface area contributed by atoms with Crippen molar-refractivity contribution in [1.82, 2.24) is 0 Å². The number of hydrogen-bond acceptors (Lipinski definition) is 4. The number of carbonyl (C=O) groups is 1. The maximum Gasteiger partial charge on any atom is 0.256 e. The van der Waals surface area contributed by atoms with Crippen molar-refractivity contribution >= 4 is 22.2 Å². The summed E-state index contributed by atoms with van der Waals surface area (Å²) in [6, 6.07) is 19.7. The zero-order valence-electron chi connectivity index (χ0n) is 16.2. The van der Waals surface area contributed by atoms with E-state index in [1.54, 1.807) is 31.4 Å². The van der Waals surface area contributed by atoms with Crippen molar-refractivity contribution in [1.29, 1.82) is 5.26 Å². The predicted molar refractivity (Wildman–Crippen MR) is 113 cm³/mol. The summed E-state index contributed by atoms with van der Waals surface area (Å²) in [5.41, 5.74) is 3.57. The van der Waals surface area contributed by atoms with Crippen LogP contribution in [0.3, 0.4) is 0 Å². The van der Waals surface area contributed by atoms with E-state index in [1.807, 2.05) is 6.07 Å². The van der Waals surface area contributed by atoms with Crippen molar-refractivity contribution in [2.24, 2.45) is 0 Å². The number of nitrogens with zero attached hydrogens (tertiary/aromatic N) is 1. The van der Waals surface area contributed by atoms with E-state index in [-0.39, 0.29) is 5.91 Å². The van der Waals surface area contributed by atoms with Crippen molar-refractivity contribution in [3.63, 3.8) is 0 Å². The molecule has 1 aliphatic rings. The molecule has 6 heteroatoms. The summed E-state index contributed by atoms with van der Waals surface area (Å²) in [5, 5.41) is 13.3. The molecule has 2 aromatic carbocycles. The number of nitriles is 1. The fraction of sp³-hybridized carbons (Fsp3) is 0.217. The Balaban J connectivity index is 1.51. The number of benzene rings is 2. The summed E-state index contributed by atoms with van der Waals surface area (Å²) in [6.07, 6.45) is 0.856. The van der Waals surface area contributed by atoms with E-state index in [0.717, 1.165) is 31.6 Å². The van der Waals surface area contributed by atoms with Crippen molar-refractivity contribution < 1.29 is 14.4 Å². The van der Waals surface area contributed by atoms with Crippen LogP contribution in [0.4, 0.5) is 5.00 Å². The first kappa shape index (κ1) is 19.2. The second kappa shape index (κ2) is 8.48. The zero-order chi connectivity index (χ0) is 20.2. The highest BCUT2D eigenvalue weighted by molar-refractivity contribution is 7.16. The third kappa shape index (κ3) is 4.16. The van der Waals surface area contributed by atoms with E-state index >= 15 is 0 Å². The predicted octanol–water partition coefficient (Wildman–Crippen LogP) is 3.02. The number of hydrogen-bond donors (Lipinski definition) is 2. The summed E-state index contributed by atoms with van der Waals surface area (Å²) in [4.78, 5) is 15.3. The van der Waals surface area contributed by atoms with E-state index in [2.05, 4.69) is 35.7 Å². The number of fused-ring (bicyclic) bond motifs is 1. The zero-order valence-corrected chi connectivity index (χ0v) is 17.0. The van der Waals surface area contributed by atoms with Crippen LogP contribution in [-0.2, 0) is 19.5 Å². The van der Waals surface area contributed by atoms with Crippen molar-refractivity contribution in [2.45, 2.75) is 19.5 Å². The van der Waals surface area contributed by atoms with Gasteiger partial charge in [0, 0.05) is 17.5 Å². The van der Waals surface area contributed by atoms with Crippen LogP contribution in [0.5, 0.6) is 5.75 Å². The Morgan fingerprint density at radius 3 is 2.66 bits per heavy atom. The van der Waals surface area contributed by atoms with E-state index in [4.69, 9.17) is 4.74 Å². The number of methoxy groups -OCH3 is 1. The van der Waals surface area contributed by atoms with Crippen molar-refractivity contribution in [2.75, 3.05) is 19.0 Å². The molecule has 4 rings (SSSR count). The van der Waals surface area contributed by atoms with Crippen LogP contribution in [0.2, 0.25) is 0 Å². The Labute approximate surface area is 174 Å². The van der Waals surface area contributed by atoms with E-state index in [1.165, 1.54) is 26.7 Å². The Morgan fingerprint density at radius 1 is 1.21 bits per heavy atom. The molecule has 3 aromatic rings. The molecule has 1 aliphatic heterocycles. The fourth-order valence-corrected chi connectivity index (χ4v) is 4.96. The van der Waals surface area contributed by atoms with Gasteiger partial charge in [0.1, 0.15) is 29.9 Å². The second-order valence-corrected chi connectivity index (χ2v) is 8.20. The molecule has 1 unspecified atom stereocenters. The maximum atomic E-state index is 12.6. The lowest BCUT2D eigenvalue weighted by Crippen LogP contribution is -3.10. The van der Waals surface area contributed by atoms with Crippen LogP contribution in [-0.4, -0.2) is 19.6 Å². The molecule has 0 radical (unpaired) electrons. The molecule has 0 aliphatic carbocycles. The third-order valence-corrected chi connectivity index (χ3v) is 6.37. The van der Waals surface area contributed by atoms with Crippen LogP contribution in [0, 0.1) is 11.3 Å². The second-order valence-electron chi connectivity index (χ2n) is 7.09. The molecule has 1 aromatic heterocycles. The molecule has 1 amide bonds. The van der Waals surface area contributed by atoms with E-state index in [9.17, 15) is 10.1 Å². The Bertz CT molecular complexity index is 1050. The Kier molecular flexibility index (Phi) is 5.61. The molecule has 0 spiro atoms. The van der Waals surface area contributed by atoms with Gasteiger partial charge in [-0.15, -0.1) is 11.3 Å². The number of anilines is 1. The lowest BCUT2D eigenvalue weighted by Gasteiger charge is -2.23. The molecular formula is C23H22N3O2S+. The van der Waals surface area contributed by atoms with Crippen LogP contribution >= 0.6 is 11.3 Å². The molecule has 0 saturated carbocycles. The van der Waals surface area contributed by atoms with Crippen LogP contribution in [0.25, 0.3) is 0 Å². The topological polar surface area (TPSA) is 66.6 Å². The molecule has 0 bridgehead atoms. The minimum absolute atomic E-state index is 0.212. The molecule has 5 nitrogen and oxygen atoms in total.